The third-order valence-electron chi connectivity index (χ3n) is 2.86. The van der Waals surface area contributed by atoms with Gasteiger partial charge in [-0.1, -0.05) is 17.4 Å². The molecule has 2 aromatic rings. The molecule has 1 aromatic heterocycles. The van der Waals surface area contributed by atoms with Gasteiger partial charge < -0.3 is 15.2 Å². The average Bonchev–Trinajstić information content (AvgIpc) is 2.72. The summed E-state index contributed by atoms with van der Waals surface area (Å²) in [5, 5.41) is 0.466. The number of nitrogens with two attached hydrogens (primary N) is 1. The highest BCUT2D eigenvalue weighted by Gasteiger charge is 2.38. The molecule has 2 N–H and O–H groups in total. The smallest absolute Gasteiger partial charge is 0.348 e. The van der Waals surface area contributed by atoms with Gasteiger partial charge in [-0.15, -0.1) is 0 Å². The van der Waals surface area contributed by atoms with E-state index in [0.29, 0.717) is 10.7 Å². The van der Waals surface area contributed by atoms with Crippen LogP contribution in [0.4, 0.5) is 5.13 Å². The van der Waals surface area contributed by atoms with Gasteiger partial charge in [0.05, 0.1) is 10.2 Å². The highest BCUT2D eigenvalue weighted by Crippen LogP contribution is 2.27. The zero-order chi connectivity index (χ0) is 15.2. The van der Waals surface area contributed by atoms with Gasteiger partial charge in [-0.2, -0.15) is 0 Å². The summed E-state index contributed by atoms with van der Waals surface area (Å²) >= 11 is 1.33. The first-order valence-electron chi connectivity index (χ1n) is 6.18. The van der Waals surface area contributed by atoms with Crippen LogP contribution in [0.25, 0.3) is 16.3 Å². The number of esters is 2. The van der Waals surface area contributed by atoms with Crippen LogP contribution in [0.2, 0.25) is 0 Å². The van der Waals surface area contributed by atoms with Crippen molar-refractivity contribution in [2.75, 3.05) is 5.73 Å². The molecule has 1 saturated heterocycles. The van der Waals surface area contributed by atoms with Gasteiger partial charge in [0.25, 0.3) is 5.79 Å². The van der Waals surface area contributed by atoms with Crippen LogP contribution in [0.5, 0.6) is 0 Å². The molecular weight excluding hydrogens is 292 g/mol. The fourth-order valence-corrected chi connectivity index (χ4v) is 2.78. The predicted molar refractivity (Wildman–Crippen MR) is 78.3 cm³/mol. The third-order valence-corrected chi connectivity index (χ3v) is 3.70. The van der Waals surface area contributed by atoms with E-state index in [0.717, 1.165) is 10.2 Å². The Kier molecular flexibility index (Phi) is 2.94. The molecule has 2 heterocycles. The zero-order valence-electron chi connectivity index (χ0n) is 11.4. The summed E-state index contributed by atoms with van der Waals surface area (Å²) < 4.78 is 11.0. The number of cyclic esters (lactones) is 2. The Morgan fingerprint density at radius 1 is 1.24 bits per heavy atom. The lowest BCUT2D eigenvalue weighted by atomic mass is 10.1. The van der Waals surface area contributed by atoms with E-state index >= 15 is 0 Å². The number of nitrogens with zero attached hydrogens (tertiary/aromatic N) is 1. The van der Waals surface area contributed by atoms with E-state index in [-0.39, 0.29) is 5.57 Å². The van der Waals surface area contributed by atoms with Crippen molar-refractivity contribution in [1.29, 1.82) is 0 Å². The largest absolute Gasteiger partial charge is 0.419 e. The van der Waals surface area contributed by atoms with Crippen molar-refractivity contribution in [3.05, 3.63) is 29.3 Å². The maximum Gasteiger partial charge on any atom is 0.348 e. The number of fused-ring (bicyclic) bond motifs is 1. The Hall–Kier alpha value is -2.41. The quantitative estimate of drug-likeness (QED) is 0.493. The number of rotatable bonds is 1. The van der Waals surface area contributed by atoms with E-state index in [9.17, 15) is 9.59 Å². The monoisotopic (exact) mass is 304 g/mol. The lowest BCUT2D eigenvalue weighted by molar-refractivity contribution is -0.222. The van der Waals surface area contributed by atoms with Crippen LogP contribution in [-0.4, -0.2) is 22.7 Å². The maximum atomic E-state index is 11.9. The number of carbonyl (C=O) groups excluding carboxylic acids is 2. The molecule has 1 aliphatic heterocycles. The highest BCUT2D eigenvalue weighted by molar-refractivity contribution is 7.22. The summed E-state index contributed by atoms with van der Waals surface area (Å²) in [6, 6.07) is 5.32. The third kappa shape index (κ3) is 2.59. The van der Waals surface area contributed by atoms with Crippen molar-refractivity contribution in [1.82, 2.24) is 4.98 Å². The van der Waals surface area contributed by atoms with Gasteiger partial charge in [0.15, 0.2) is 5.13 Å². The first kappa shape index (κ1) is 13.6. The molecule has 1 aromatic carbocycles. The second-order valence-corrected chi connectivity index (χ2v) is 6.08. The molecule has 21 heavy (non-hydrogen) atoms. The molecule has 0 radical (unpaired) electrons. The summed E-state index contributed by atoms with van der Waals surface area (Å²) in [5.74, 6) is -2.62. The number of benzene rings is 1. The molecule has 1 aliphatic rings. The van der Waals surface area contributed by atoms with Crippen LogP contribution < -0.4 is 5.73 Å². The van der Waals surface area contributed by atoms with Crippen LogP contribution in [-0.2, 0) is 19.1 Å². The Bertz CT molecular complexity index is 769. The van der Waals surface area contributed by atoms with Crippen LogP contribution >= 0.6 is 11.3 Å². The lowest BCUT2D eigenvalue weighted by Crippen LogP contribution is -2.41. The molecular formula is C14H12N2O4S. The molecule has 0 amide bonds. The fraction of sp³-hybridized carbons (Fsp3) is 0.214. The van der Waals surface area contributed by atoms with Crippen LogP contribution in [0, 0.1) is 0 Å². The van der Waals surface area contributed by atoms with Crippen molar-refractivity contribution in [3.8, 4) is 0 Å². The summed E-state index contributed by atoms with van der Waals surface area (Å²) in [6.07, 6.45) is 1.44. The summed E-state index contributed by atoms with van der Waals surface area (Å²) in [7, 11) is 0. The first-order valence-corrected chi connectivity index (χ1v) is 7.00. The van der Waals surface area contributed by atoms with Gasteiger partial charge in [-0.25, -0.2) is 14.6 Å². The van der Waals surface area contributed by atoms with Crippen LogP contribution in [0.15, 0.2) is 23.8 Å². The number of hydrogen-bond donors (Lipinski definition) is 1. The second-order valence-electron chi connectivity index (χ2n) is 5.02. The SMILES string of the molecule is CC1(C)OC(=O)C(=Cc2ccc3nc(N)sc3c2)C(=O)O1. The summed E-state index contributed by atoms with van der Waals surface area (Å²) in [4.78, 5) is 27.9. The van der Waals surface area contributed by atoms with E-state index in [1.165, 1.54) is 31.3 Å². The topological polar surface area (TPSA) is 91.5 Å². The van der Waals surface area contributed by atoms with Crippen molar-refractivity contribution in [3.63, 3.8) is 0 Å². The number of carbonyl (C=O) groups is 2. The van der Waals surface area contributed by atoms with Gasteiger partial charge >= 0.3 is 11.9 Å². The molecule has 0 aliphatic carbocycles. The van der Waals surface area contributed by atoms with Gasteiger partial charge in [-0.05, 0) is 23.8 Å². The number of nitrogen functional groups attached to an aromatic ring is 1. The minimum Gasteiger partial charge on any atom is -0.419 e. The number of anilines is 1. The van der Waals surface area contributed by atoms with E-state index in [1.54, 1.807) is 18.2 Å². The van der Waals surface area contributed by atoms with Crippen molar-refractivity contribution in [2.45, 2.75) is 19.6 Å². The molecule has 0 bridgehead atoms. The Balaban J connectivity index is 1.99. The Morgan fingerprint density at radius 3 is 2.57 bits per heavy atom. The van der Waals surface area contributed by atoms with Gasteiger partial charge in [0.2, 0.25) is 0 Å². The molecule has 6 nitrogen and oxygen atoms in total. The van der Waals surface area contributed by atoms with Crippen molar-refractivity contribution >= 4 is 44.7 Å². The minimum atomic E-state index is -1.23. The highest BCUT2D eigenvalue weighted by atomic mass is 32.1. The molecule has 3 rings (SSSR count). The molecule has 0 unspecified atom stereocenters. The molecule has 0 saturated carbocycles. The minimum absolute atomic E-state index is 0.133. The maximum absolute atomic E-state index is 11.9. The summed E-state index contributed by atoms with van der Waals surface area (Å²) in [6.45, 7) is 3.01. The number of hydrogen-bond acceptors (Lipinski definition) is 7. The van der Waals surface area contributed by atoms with E-state index in [4.69, 9.17) is 15.2 Å². The number of aromatic nitrogens is 1. The normalized spacial score (nSPS) is 17.5. The van der Waals surface area contributed by atoms with Gasteiger partial charge in [-0.3, -0.25) is 0 Å². The predicted octanol–water partition coefficient (Wildman–Crippen LogP) is 2.10. The number of thiazole rings is 1. The van der Waals surface area contributed by atoms with E-state index in [1.807, 2.05) is 0 Å². The fourth-order valence-electron chi connectivity index (χ4n) is 1.99. The standard InChI is InChI=1S/C14H12N2O4S/c1-14(2)19-11(17)8(12(18)20-14)5-7-3-4-9-10(6-7)21-13(15)16-9/h3-6H,1-2H3,(H2,15,16). The van der Waals surface area contributed by atoms with Crippen molar-refractivity contribution < 1.29 is 19.1 Å². The Labute approximate surface area is 124 Å². The van der Waals surface area contributed by atoms with Gasteiger partial charge in [0.1, 0.15) is 5.57 Å². The average molecular weight is 304 g/mol. The number of ether oxygens (including phenoxy) is 2. The zero-order valence-corrected chi connectivity index (χ0v) is 12.2. The van der Waals surface area contributed by atoms with Crippen LogP contribution in [0.1, 0.15) is 19.4 Å². The van der Waals surface area contributed by atoms with Gasteiger partial charge in [0, 0.05) is 13.8 Å². The molecule has 7 heteroatoms. The molecule has 108 valence electrons. The first-order chi connectivity index (χ1) is 9.84. The van der Waals surface area contributed by atoms with Crippen LogP contribution in [0.3, 0.4) is 0 Å². The summed E-state index contributed by atoms with van der Waals surface area (Å²) in [5.41, 5.74) is 6.96. The molecule has 0 atom stereocenters. The Morgan fingerprint density at radius 2 is 1.90 bits per heavy atom. The van der Waals surface area contributed by atoms with E-state index in [2.05, 4.69) is 4.98 Å². The van der Waals surface area contributed by atoms with Crippen molar-refractivity contribution in [2.24, 2.45) is 0 Å². The second kappa shape index (κ2) is 4.56. The lowest BCUT2D eigenvalue weighted by Gasteiger charge is -2.29. The molecule has 1 fully saturated rings. The molecule has 0 spiro atoms. The van der Waals surface area contributed by atoms with E-state index < -0.39 is 17.7 Å².